The third-order valence-corrected chi connectivity index (χ3v) is 4.73. The molecule has 0 radical (unpaired) electrons. The highest BCUT2D eigenvalue weighted by Crippen LogP contribution is 2.38. The van der Waals surface area contributed by atoms with E-state index in [1.165, 1.54) is 18.1 Å². The Morgan fingerprint density at radius 3 is 2.78 bits per heavy atom. The number of H-pyrrole nitrogens is 1. The molecule has 0 saturated carbocycles. The number of hydrogen-bond acceptors (Lipinski definition) is 5. The van der Waals surface area contributed by atoms with Crippen LogP contribution in [0.25, 0.3) is 0 Å². The molecule has 0 spiro atoms. The van der Waals surface area contributed by atoms with Gasteiger partial charge in [-0.25, -0.2) is 4.98 Å². The Morgan fingerprint density at radius 2 is 2.09 bits per heavy atom. The van der Waals surface area contributed by atoms with Gasteiger partial charge in [0.2, 0.25) is 11.8 Å². The second-order valence-corrected chi connectivity index (χ2v) is 7.08. The smallest absolute Gasteiger partial charge is 0.250 e. The Bertz CT molecular complexity index is 744. The molecular formula is C15H17N5O2S. The summed E-state index contributed by atoms with van der Waals surface area (Å²) in [5.41, 5.74) is 0.371. The van der Waals surface area contributed by atoms with E-state index < -0.39 is 10.8 Å². The van der Waals surface area contributed by atoms with Crippen molar-refractivity contribution in [3.63, 3.8) is 0 Å². The second kappa shape index (κ2) is 5.69. The predicted molar refractivity (Wildman–Crippen MR) is 88.3 cm³/mol. The molecule has 1 atom stereocenters. The van der Waals surface area contributed by atoms with Gasteiger partial charge in [-0.1, -0.05) is 23.9 Å². The summed E-state index contributed by atoms with van der Waals surface area (Å²) in [6, 6.07) is 7.30. The second-order valence-electron chi connectivity index (χ2n) is 5.75. The summed E-state index contributed by atoms with van der Waals surface area (Å²) < 4.78 is 0. The van der Waals surface area contributed by atoms with Crippen molar-refractivity contribution in [2.45, 2.75) is 36.7 Å². The van der Waals surface area contributed by atoms with Gasteiger partial charge in [-0.05, 0) is 32.9 Å². The molecule has 1 aromatic carbocycles. The molecule has 23 heavy (non-hydrogen) atoms. The van der Waals surface area contributed by atoms with Gasteiger partial charge < -0.3 is 5.32 Å². The van der Waals surface area contributed by atoms with Crippen molar-refractivity contribution in [1.29, 1.82) is 0 Å². The van der Waals surface area contributed by atoms with Gasteiger partial charge in [-0.15, -0.1) is 0 Å². The molecule has 120 valence electrons. The average molecular weight is 331 g/mol. The lowest BCUT2D eigenvalue weighted by Crippen LogP contribution is -2.60. The van der Waals surface area contributed by atoms with Gasteiger partial charge in [0.1, 0.15) is 11.9 Å². The van der Waals surface area contributed by atoms with E-state index in [1.807, 2.05) is 18.2 Å². The minimum absolute atomic E-state index is 0.154. The number of aromatic nitrogens is 3. The predicted octanol–water partition coefficient (Wildman–Crippen LogP) is 2.05. The van der Waals surface area contributed by atoms with E-state index in [2.05, 4.69) is 20.5 Å². The lowest BCUT2D eigenvalue weighted by atomic mass is 9.96. The van der Waals surface area contributed by atoms with Gasteiger partial charge in [-0.2, -0.15) is 5.10 Å². The molecule has 2 heterocycles. The first-order valence-electron chi connectivity index (χ1n) is 7.18. The van der Waals surface area contributed by atoms with Crippen LogP contribution in [0.5, 0.6) is 0 Å². The molecule has 2 aromatic rings. The van der Waals surface area contributed by atoms with Crippen molar-refractivity contribution in [1.82, 2.24) is 15.2 Å². The van der Waals surface area contributed by atoms with E-state index in [9.17, 15) is 9.59 Å². The molecule has 0 bridgehead atoms. The summed E-state index contributed by atoms with van der Waals surface area (Å²) in [5.74, 6) is -0.361. The largest absolute Gasteiger partial charge is 0.322 e. The molecule has 3 rings (SSSR count). The van der Waals surface area contributed by atoms with E-state index in [0.717, 1.165) is 0 Å². The number of rotatable bonds is 3. The number of nitrogens with zero attached hydrogens (tertiary/aromatic N) is 3. The summed E-state index contributed by atoms with van der Waals surface area (Å²) in [6.07, 6.45) is 1.40. The summed E-state index contributed by atoms with van der Waals surface area (Å²) in [6.45, 7) is 5.27. The van der Waals surface area contributed by atoms with Crippen LogP contribution in [-0.2, 0) is 9.59 Å². The minimum Gasteiger partial charge on any atom is -0.322 e. The van der Waals surface area contributed by atoms with E-state index >= 15 is 0 Å². The first kappa shape index (κ1) is 15.5. The average Bonchev–Trinajstić information content (AvgIpc) is 3.00. The highest BCUT2D eigenvalue weighted by Gasteiger charge is 2.44. The molecule has 0 saturated heterocycles. The van der Waals surface area contributed by atoms with Crippen molar-refractivity contribution in [2.75, 3.05) is 10.2 Å². The molecule has 1 aliphatic rings. The standard InChI is InChI=1S/C15H17N5O2S/c1-9(23-14-16-8-17-19-14)12(21)20-11-7-5-4-6-10(11)18-13(22)15(20,2)3/h4-9H,1-3H3,(H,18,22)(H,16,17,19)/t9-/m1/s1. The lowest BCUT2D eigenvalue weighted by Gasteiger charge is -2.42. The van der Waals surface area contributed by atoms with Crippen LogP contribution in [0, 0.1) is 0 Å². The van der Waals surface area contributed by atoms with Gasteiger partial charge in [0, 0.05) is 0 Å². The molecule has 0 aliphatic carbocycles. The molecule has 7 nitrogen and oxygen atoms in total. The third kappa shape index (κ3) is 2.70. The first-order chi connectivity index (χ1) is 10.9. The maximum Gasteiger partial charge on any atom is 0.250 e. The molecule has 0 unspecified atom stereocenters. The number of nitrogens with one attached hydrogen (secondary N) is 2. The van der Waals surface area contributed by atoms with Gasteiger partial charge in [-0.3, -0.25) is 19.6 Å². The molecule has 2 amide bonds. The summed E-state index contributed by atoms with van der Waals surface area (Å²) in [4.78, 5) is 31.0. The molecule has 1 aromatic heterocycles. The fourth-order valence-corrected chi connectivity index (χ4v) is 3.25. The van der Waals surface area contributed by atoms with Crippen molar-refractivity contribution in [2.24, 2.45) is 0 Å². The number of amides is 2. The molecule has 1 aliphatic heterocycles. The fourth-order valence-electron chi connectivity index (χ4n) is 2.50. The Morgan fingerprint density at radius 1 is 1.35 bits per heavy atom. The van der Waals surface area contributed by atoms with Gasteiger partial charge in [0.05, 0.1) is 16.6 Å². The van der Waals surface area contributed by atoms with Crippen LogP contribution in [0.15, 0.2) is 35.7 Å². The molecule has 8 heteroatoms. The number of hydrogen-bond donors (Lipinski definition) is 2. The maximum absolute atomic E-state index is 13.0. The zero-order valence-corrected chi connectivity index (χ0v) is 13.8. The molecular weight excluding hydrogens is 314 g/mol. The Balaban J connectivity index is 1.95. The number of fused-ring (bicyclic) bond motifs is 1. The highest BCUT2D eigenvalue weighted by molar-refractivity contribution is 8.00. The Hall–Kier alpha value is -2.35. The summed E-state index contributed by atoms with van der Waals surface area (Å²) in [5, 5.41) is 9.51. The first-order valence-corrected chi connectivity index (χ1v) is 8.06. The number of carbonyl (C=O) groups is 2. The number of para-hydroxylation sites is 2. The number of anilines is 2. The summed E-state index contributed by atoms with van der Waals surface area (Å²) >= 11 is 1.28. The van der Waals surface area contributed by atoms with Gasteiger partial charge in [0.25, 0.3) is 0 Å². The molecule has 0 fully saturated rings. The number of carbonyl (C=O) groups excluding carboxylic acids is 2. The molecule has 2 N–H and O–H groups in total. The monoisotopic (exact) mass is 331 g/mol. The van der Waals surface area contributed by atoms with Crippen LogP contribution >= 0.6 is 11.8 Å². The normalized spacial score (nSPS) is 17.3. The minimum atomic E-state index is -0.971. The zero-order valence-electron chi connectivity index (χ0n) is 13.0. The van der Waals surface area contributed by atoms with Crippen molar-refractivity contribution in [3.05, 3.63) is 30.6 Å². The van der Waals surface area contributed by atoms with Crippen LogP contribution in [0.4, 0.5) is 11.4 Å². The topological polar surface area (TPSA) is 91.0 Å². The van der Waals surface area contributed by atoms with E-state index in [0.29, 0.717) is 16.5 Å². The van der Waals surface area contributed by atoms with E-state index in [-0.39, 0.29) is 11.8 Å². The quantitative estimate of drug-likeness (QED) is 0.840. The third-order valence-electron chi connectivity index (χ3n) is 3.76. The van der Waals surface area contributed by atoms with Crippen molar-refractivity contribution >= 4 is 35.0 Å². The van der Waals surface area contributed by atoms with Crippen LogP contribution in [0.1, 0.15) is 20.8 Å². The maximum atomic E-state index is 13.0. The van der Waals surface area contributed by atoms with Crippen LogP contribution in [0.3, 0.4) is 0 Å². The number of aromatic amines is 1. The van der Waals surface area contributed by atoms with Crippen molar-refractivity contribution < 1.29 is 9.59 Å². The SMILES string of the molecule is C[C@@H](Sc1ncn[nH]1)C(=O)N1c2ccccc2NC(=O)C1(C)C. The highest BCUT2D eigenvalue weighted by atomic mass is 32.2. The van der Waals surface area contributed by atoms with E-state index in [1.54, 1.807) is 31.7 Å². The summed E-state index contributed by atoms with van der Waals surface area (Å²) in [7, 11) is 0. The Kier molecular flexibility index (Phi) is 3.85. The van der Waals surface area contributed by atoms with Crippen LogP contribution in [-0.4, -0.2) is 37.8 Å². The van der Waals surface area contributed by atoms with Crippen molar-refractivity contribution in [3.8, 4) is 0 Å². The van der Waals surface area contributed by atoms with Crippen LogP contribution < -0.4 is 10.2 Å². The number of thioether (sulfide) groups is 1. The number of benzene rings is 1. The lowest BCUT2D eigenvalue weighted by molar-refractivity contribution is -0.126. The Labute approximate surface area is 137 Å². The van der Waals surface area contributed by atoms with Crippen LogP contribution in [0.2, 0.25) is 0 Å². The van der Waals surface area contributed by atoms with Gasteiger partial charge >= 0.3 is 0 Å². The van der Waals surface area contributed by atoms with Gasteiger partial charge in [0.15, 0.2) is 5.16 Å². The zero-order chi connectivity index (χ0) is 16.6. The fraction of sp³-hybridized carbons (Fsp3) is 0.333. The van der Waals surface area contributed by atoms with E-state index in [4.69, 9.17) is 0 Å².